The molecule has 34 heavy (non-hydrogen) atoms. The largest absolute Gasteiger partial charge is 0.326 e. The molecule has 7 nitrogen and oxygen atoms in total. The number of nitrogens with one attached hydrogen (secondary N) is 2. The Bertz CT molecular complexity index is 1210. The third-order valence-corrected chi connectivity index (χ3v) is 6.98. The van der Waals surface area contributed by atoms with Crippen molar-refractivity contribution in [1.29, 1.82) is 0 Å². The van der Waals surface area contributed by atoms with Crippen molar-refractivity contribution in [3.8, 4) is 10.6 Å². The number of fused-ring (bicyclic) bond motifs is 1. The second-order valence-corrected chi connectivity index (χ2v) is 9.85. The van der Waals surface area contributed by atoms with Crippen LogP contribution in [0.3, 0.4) is 0 Å². The molecule has 0 bridgehead atoms. The van der Waals surface area contributed by atoms with Crippen molar-refractivity contribution in [2.45, 2.75) is 46.2 Å². The van der Waals surface area contributed by atoms with Gasteiger partial charge in [-0.1, -0.05) is 68.4 Å². The Morgan fingerprint density at radius 2 is 1.71 bits per heavy atom. The molecule has 0 saturated carbocycles. The lowest BCUT2D eigenvalue weighted by molar-refractivity contribution is -0.142. The summed E-state index contributed by atoms with van der Waals surface area (Å²) in [4.78, 5) is 45.4. The van der Waals surface area contributed by atoms with Crippen molar-refractivity contribution in [1.82, 2.24) is 20.7 Å². The van der Waals surface area contributed by atoms with E-state index in [4.69, 9.17) is 0 Å². The summed E-state index contributed by atoms with van der Waals surface area (Å²) in [5, 5.41) is 0.740. The molecule has 0 saturated heterocycles. The molecule has 1 atom stereocenters. The van der Waals surface area contributed by atoms with Gasteiger partial charge in [0, 0.05) is 24.9 Å². The van der Waals surface area contributed by atoms with Crippen molar-refractivity contribution >= 4 is 29.1 Å². The molecule has 2 aromatic carbocycles. The van der Waals surface area contributed by atoms with E-state index in [2.05, 4.69) is 15.8 Å². The van der Waals surface area contributed by atoms with Gasteiger partial charge in [-0.25, -0.2) is 4.98 Å². The summed E-state index contributed by atoms with van der Waals surface area (Å²) in [6, 6.07) is 16.8. The number of hydrogen-bond acceptors (Lipinski definition) is 5. The Labute approximate surface area is 203 Å². The molecule has 1 aliphatic heterocycles. The Hall–Kier alpha value is -3.52. The number of carbonyl (C=O) groups is 3. The minimum atomic E-state index is -0.691. The summed E-state index contributed by atoms with van der Waals surface area (Å²) >= 11 is 1.27. The van der Waals surface area contributed by atoms with E-state index in [1.54, 1.807) is 11.8 Å². The number of amides is 3. The highest BCUT2D eigenvalue weighted by molar-refractivity contribution is 7.17. The smallest absolute Gasteiger partial charge is 0.281 e. The predicted molar refractivity (Wildman–Crippen MR) is 132 cm³/mol. The van der Waals surface area contributed by atoms with E-state index in [9.17, 15) is 14.4 Å². The van der Waals surface area contributed by atoms with Crippen LogP contribution in [0, 0.1) is 12.8 Å². The molecule has 1 aromatic heterocycles. The highest BCUT2D eigenvalue weighted by Crippen LogP contribution is 2.28. The zero-order valence-corrected chi connectivity index (χ0v) is 20.3. The molecule has 4 rings (SSSR count). The molecule has 0 fully saturated rings. The summed E-state index contributed by atoms with van der Waals surface area (Å²) < 4.78 is 0. The predicted octanol–water partition coefficient (Wildman–Crippen LogP) is 3.88. The molecule has 8 heteroatoms. The lowest BCUT2D eigenvalue weighted by Gasteiger charge is -2.36. The van der Waals surface area contributed by atoms with Gasteiger partial charge in [-0.3, -0.25) is 25.2 Å². The summed E-state index contributed by atoms with van der Waals surface area (Å²) in [7, 11) is 0. The van der Waals surface area contributed by atoms with Gasteiger partial charge in [-0.05, 0) is 24.0 Å². The average molecular weight is 477 g/mol. The molecule has 1 aliphatic rings. The number of hydrogen-bond donors (Lipinski definition) is 2. The molecule has 0 radical (unpaired) electrons. The van der Waals surface area contributed by atoms with E-state index in [1.165, 1.54) is 11.3 Å². The van der Waals surface area contributed by atoms with Crippen molar-refractivity contribution in [2.24, 2.45) is 5.92 Å². The number of rotatable bonds is 5. The maximum Gasteiger partial charge on any atom is 0.281 e. The van der Waals surface area contributed by atoms with Gasteiger partial charge in [0.1, 0.15) is 15.9 Å². The second kappa shape index (κ2) is 10.2. The lowest BCUT2D eigenvalue weighted by atomic mass is 9.92. The van der Waals surface area contributed by atoms with Crippen LogP contribution in [0.25, 0.3) is 10.6 Å². The van der Waals surface area contributed by atoms with Crippen LogP contribution in [0.2, 0.25) is 0 Å². The Kier molecular flexibility index (Phi) is 7.07. The van der Waals surface area contributed by atoms with Crippen molar-refractivity contribution in [2.75, 3.05) is 0 Å². The van der Waals surface area contributed by atoms with Gasteiger partial charge >= 0.3 is 0 Å². The number of carbonyl (C=O) groups excluding carboxylic acids is 3. The van der Waals surface area contributed by atoms with Gasteiger partial charge in [0.15, 0.2) is 0 Å². The number of hydrazine groups is 1. The zero-order valence-electron chi connectivity index (χ0n) is 19.5. The molecule has 2 heterocycles. The minimum Gasteiger partial charge on any atom is -0.326 e. The standard InChI is InChI=1S/C26H28N4O3S/c1-16(2)13-22(31)30-15-20-12-8-7-11-19(20)14-21(30)24(32)28-29-25(33)23-17(3)27-26(34-23)18-9-5-4-6-10-18/h4-12,16,21H,13-15H2,1-3H3,(H,28,32)(H,29,33). The molecule has 1 unspecified atom stereocenters. The number of thiazole rings is 1. The molecule has 176 valence electrons. The first-order valence-electron chi connectivity index (χ1n) is 11.3. The van der Waals surface area contributed by atoms with Crippen LogP contribution >= 0.6 is 11.3 Å². The van der Waals surface area contributed by atoms with Crippen molar-refractivity contribution < 1.29 is 14.4 Å². The molecule has 3 amide bonds. The van der Waals surface area contributed by atoms with E-state index in [0.29, 0.717) is 30.0 Å². The lowest BCUT2D eigenvalue weighted by Crippen LogP contribution is -2.56. The van der Waals surface area contributed by atoms with Gasteiger partial charge in [0.2, 0.25) is 5.91 Å². The van der Waals surface area contributed by atoms with Gasteiger partial charge in [0.05, 0.1) is 5.69 Å². The van der Waals surface area contributed by atoms with E-state index in [0.717, 1.165) is 21.7 Å². The van der Waals surface area contributed by atoms with Gasteiger partial charge < -0.3 is 4.90 Å². The minimum absolute atomic E-state index is 0.0678. The highest BCUT2D eigenvalue weighted by atomic mass is 32.1. The fourth-order valence-electron chi connectivity index (χ4n) is 4.06. The molecular weight excluding hydrogens is 448 g/mol. The maximum absolute atomic E-state index is 13.1. The summed E-state index contributed by atoms with van der Waals surface area (Å²) in [6.45, 7) is 6.10. The monoisotopic (exact) mass is 476 g/mol. The fraction of sp³-hybridized carbons (Fsp3) is 0.308. The first-order valence-corrected chi connectivity index (χ1v) is 12.1. The van der Waals surface area contributed by atoms with Gasteiger partial charge in [0.25, 0.3) is 11.8 Å². The first-order chi connectivity index (χ1) is 16.3. The Balaban J connectivity index is 1.47. The summed E-state index contributed by atoms with van der Waals surface area (Å²) in [6.07, 6.45) is 0.764. The second-order valence-electron chi connectivity index (χ2n) is 8.85. The number of nitrogens with zero attached hydrogens (tertiary/aromatic N) is 2. The van der Waals surface area contributed by atoms with Crippen LogP contribution in [0.1, 0.15) is 46.8 Å². The Morgan fingerprint density at radius 3 is 2.41 bits per heavy atom. The van der Waals surface area contributed by atoms with E-state index in [1.807, 2.05) is 68.4 Å². The van der Waals surface area contributed by atoms with E-state index in [-0.39, 0.29) is 11.8 Å². The van der Waals surface area contributed by atoms with Crippen LogP contribution in [-0.2, 0) is 22.6 Å². The molecule has 0 spiro atoms. The fourth-order valence-corrected chi connectivity index (χ4v) is 5.02. The van der Waals surface area contributed by atoms with Crippen molar-refractivity contribution in [3.05, 3.63) is 76.3 Å². The first kappa shape index (κ1) is 23.6. The van der Waals surface area contributed by atoms with Crippen LogP contribution in [-0.4, -0.2) is 33.6 Å². The zero-order chi connectivity index (χ0) is 24.2. The van der Waals surface area contributed by atoms with E-state index < -0.39 is 17.9 Å². The van der Waals surface area contributed by atoms with Gasteiger partial charge in [-0.2, -0.15) is 0 Å². The van der Waals surface area contributed by atoms with Gasteiger partial charge in [-0.15, -0.1) is 11.3 Å². The van der Waals surface area contributed by atoms with Crippen LogP contribution in [0.5, 0.6) is 0 Å². The number of aromatic nitrogens is 1. The molecule has 0 aliphatic carbocycles. The van der Waals surface area contributed by atoms with Crippen LogP contribution < -0.4 is 10.9 Å². The number of aryl methyl sites for hydroxylation is 1. The Morgan fingerprint density at radius 1 is 1.03 bits per heavy atom. The normalized spacial score (nSPS) is 15.1. The topological polar surface area (TPSA) is 91.4 Å². The van der Waals surface area contributed by atoms with Crippen LogP contribution in [0.4, 0.5) is 0 Å². The molecule has 3 aromatic rings. The highest BCUT2D eigenvalue weighted by Gasteiger charge is 2.35. The molecule has 2 N–H and O–H groups in total. The summed E-state index contributed by atoms with van der Waals surface area (Å²) in [5.41, 5.74) is 8.66. The molecular formula is C26H28N4O3S. The third-order valence-electron chi connectivity index (χ3n) is 5.78. The van der Waals surface area contributed by atoms with Crippen LogP contribution in [0.15, 0.2) is 54.6 Å². The van der Waals surface area contributed by atoms with Crippen molar-refractivity contribution in [3.63, 3.8) is 0 Å². The maximum atomic E-state index is 13.1. The van der Waals surface area contributed by atoms with E-state index >= 15 is 0 Å². The third kappa shape index (κ3) is 5.17. The summed E-state index contributed by atoms with van der Waals surface area (Å²) in [5.74, 6) is -0.727. The number of benzene rings is 2. The SMILES string of the molecule is Cc1nc(-c2ccccc2)sc1C(=O)NNC(=O)C1Cc2ccccc2CN1C(=O)CC(C)C. The average Bonchev–Trinajstić information content (AvgIpc) is 3.23. The quantitative estimate of drug-likeness (QED) is 0.547.